The molecule has 1 fully saturated rings. The Hall–Kier alpha value is -1.66. The molecule has 1 aliphatic heterocycles. The minimum Gasteiger partial charge on any atom is -0.320 e. The molecule has 0 aliphatic carbocycles. The second kappa shape index (κ2) is 5.76. The number of halogens is 1. The number of carbonyl (C=O) groups excluding carboxylic acids is 1. The number of rotatable bonds is 3. The Morgan fingerprint density at radius 1 is 1.45 bits per heavy atom. The van der Waals surface area contributed by atoms with Crippen LogP contribution >= 0.6 is 11.6 Å². The first-order valence-corrected chi connectivity index (χ1v) is 6.76. The molecular formula is C13H16ClN3O3. The van der Waals surface area contributed by atoms with Crippen molar-refractivity contribution in [2.75, 3.05) is 18.4 Å². The molecular weight excluding hydrogens is 282 g/mol. The molecule has 7 heteroatoms. The first kappa shape index (κ1) is 14.7. The quantitative estimate of drug-likeness (QED) is 0.663. The van der Waals surface area contributed by atoms with Crippen LogP contribution < -0.4 is 10.6 Å². The van der Waals surface area contributed by atoms with Gasteiger partial charge in [0.25, 0.3) is 5.69 Å². The Kier molecular flexibility index (Phi) is 4.25. The summed E-state index contributed by atoms with van der Waals surface area (Å²) in [5, 5.41) is 17.1. The minimum absolute atomic E-state index is 0.184. The third-order valence-corrected chi connectivity index (χ3v) is 3.90. The summed E-state index contributed by atoms with van der Waals surface area (Å²) in [7, 11) is 0. The zero-order valence-corrected chi connectivity index (χ0v) is 11.9. The first-order chi connectivity index (χ1) is 9.42. The van der Waals surface area contributed by atoms with E-state index in [2.05, 4.69) is 10.6 Å². The minimum atomic E-state index is -0.549. The Bertz CT molecular complexity index is 542. The molecule has 0 aromatic heterocycles. The maximum absolute atomic E-state index is 12.4. The van der Waals surface area contributed by atoms with Crippen LogP contribution in [0.1, 0.15) is 19.8 Å². The van der Waals surface area contributed by atoms with Crippen molar-refractivity contribution in [3.63, 3.8) is 0 Å². The molecule has 2 N–H and O–H groups in total. The van der Waals surface area contributed by atoms with E-state index in [-0.39, 0.29) is 22.3 Å². The standard InChI is InChI=1S/C13H16ClN3O3/c1-13(4-6-15-7-5-13)12(18)16-10-3-2-9(14)8-11(10)17(19)20/h2-3,8,15H,4-7H2,1H3,(H,16,18). The normalized spacial score (nSPS) is 17.5. The maximum Gasteiger partial charge on any atom is 0.294 e. The van der Waals surface area contributed by atoms with Gasteiger partial charge < -0.3 is 10.6 Å². The number of nitro groups is 1. The highest BCUT2D eigenvalue weighted by atomic mass is 35.5. The molecule has 1 aromatic rings. The number of anilines is 1. The number of amides is 1. The van der Waals surface area contributed by atoms with E-state index in [1.807, 2.05) is 6.92 Å². The summed E-state index contributed by atoms with van der Waals surface area (Å²) in [5.41, 5.74) is -0.508. The summed E-state index contributed by atoms with van der Waals surface area (Å²) in [6, 6.07) is 4.22. The maximum atomic E-state index is 12.4. The van der Waals surface area contributed by atoms with E-state index in [4.69, 9.17) is 11.6 Å². The van der Waals surface area contributed by atoms with Crippen LogP contribution in [0.15, 0.2) is 18.2 Å². The Morgan fingerprint density at radius 2 is 2.10 bits per heavy atom. The number of hydrogen-bond donors (Lipinski definition) is 2. The number of piperidine rings is 1. The van der Waals surface area contributed by atoms with Gasteiger partial charge in [-0.2, -0.15) is 0 Å². The molecule has 1 amide bonds. The van der Waals surface area contributed by atoms with Gasteiger partial charge in [-0.3, -0.25) is 14.9 Å². The zero-order chi connectivity index (χ0) is 14.8. The van der Waals surface area contributed by atoms with Gasteiger partial charge in [0, 0.05) is 16.5 Å². The fourth-order valence-corrected chi connectivity index (χ4v) is 2.41. The summed E-state index contributed by atoms with van der Waals surface area (Å²) < 4.78 is 0. The molecule has 6 nitrogen and oxygen atoms in total. The van der Waals surface area contributed by atoms with Crippen molar-refractivity contribution in [2.45, 2.75) is 19.8 Å². The lowest BCUT2D eigenvalue weighted by atomic mass is 9.80. The molecule has 0 saturated carbocycles. The molecule has 2 rings (SSSR count). The van der Waals surface area contributed by atoms with E-state index in [9.17, 15) is 14.9 Å². The lowest BCUT2D eigenvalue weighted by Crippen LogP contribution is -2.42. The number of nitrogens with one attached hydrogen (secondary N) is 2. The number of benzene rings is 1. The fraction of sp³-hybridized carbons (Fsp3) is 0.462. The van der Waals surface area contributed by atoms with Crippen molar-refractivity contribution in [2.24, 2.45) is 5.41 Å². The van der Waals surface area contributed by atoms with Crippen LogP contribution in [-0.4, -0.2) is 23.9 Å². The van der Waals surface area contributed by atoms with Gasteiger partial charge >= 0.3 is 0 Å². The van der Waals surface area contributed by atoms with Gasteiger partial charge in [-0.1, -0.05) is 18.5 Å². The van der Waals surface area contributed by atoms with Crippen LogP contribution in [0.4, 0.5) is 11.4 Å². The van der Waals surface area contributed by atoms with E-state index in [0.29, 0.717) is 12.8 Å². The number of carbonyl (C=O) groups is 1. The van der Waals surface area contributed by atoms with Crippen LogP contribution in [0.3, 0.4) is 0 Å². The molecule has 20 heavy (non-hydrogen) atoms. The molecule has 108 valence electrons. The van der Waals surface area contributed by atoms with E-state index in [1.165, 1.54) is 18.2 Å². The van der Waals surface area contributed by atoms with Crippen LogP contribution in [0.2, 0.25) is 5.02 Å². The van der Waals surface area contributed by atoms with E-state index >= 15 is 0 Å². The summed E-state index contributed by atoms with van der Waals surface area (Å²) in [5.74, 6) is -0.190. The van der Waals surface area contributed by atoms with Crippen molar-refractivity contribution >= 4 is 28.9 Å². The van der Waals surface area contributed by atoms with Gasteiger partial charge in [0.1, 0.15) is 5.69 Å². The average molecular weight is 298 g/mol. The number of nitro benzene ring substituents is 1. The van der Waals surface area contributed by atoms with Gasteiger partial charge in [-0.25, -0.2) is 0 Å². The molecule has 0 radical (unpaired) electrons. The van der Waals surface area contributed by atoms with Crippen molar-refractivity contribution in [3.05, 3.63) is 33.3 Å². The second-order valence-corrected chi connectivity index (χ2v) is 5.62. The third kappa shape index (κ3) is 3.08. The zero-order valence-electron chi connectivity index (χ0n) is 11.1. The number of nitrogens with zero attached hydrogens (tertiary/aromatic N) is 1. The SMILES string of the molecule is CC1(C(=O)Nc2ccc(Cl)cc2[N+](=O)[O-])CCNCC1. The lowest BCUT2D eigenvalue weighted by Gasteiger charge is -2.32. The molecule has 0 atom stereocenters. The van der Waals surface area contributed by atoms with Crippen molar-refractivity contribution < 1.29 is 9.72 Å². The Labute approximate surface area is 121 Å². The summed E-state index contributed by atoms with van der Waals surface area (Å²) >= 11 is 5.75. The Balaban J connectivity index is 2.21. The largest absolute Gasteiger partial charge is 0.320 e. The van der Waals surface area contributed by atoms with Gasteiger partial charge in [-0.05, 0) is 38.1 Å². The molecule has 1 heterocycles. The highest BCUT2D eigenvalue weighted by molar-refractivity contribution is 6.31. The topological polar surface area (TPSA) is 84.3 Å². The summed E-state index contributed by atoms with van der Waals surface area (Å²) in [6.07, 6.45) is 1.42. The van der Waals surface area contributed by atoms with Crippen molar-refractivity contribution in [1.29, 1.82) is 0 Å². The fourth-order valence-electron chi connectivity index (χ4n) is 2.24. The molecule has 0 spiro atoms. The van der Waals surface area contributed by atoms with Crippen molar-refractivity contribution in [3.8, 4) is 0 Å². The van der Waals surface area contributed by atoms with Crippen LogP contribution in [-0.2, 0) is 4.79 Å². The van der Waals surface area contributed by atoms with E-state index < -0.39 is 10.3 Å². The predicted molar refractivity (Wildman–Crippen MR) is 76.9 cm³/mol. The van der Waals surface area contributed by atoms with Gasteiger partial charge in [-0.15, -0.1) is 0 Å². The lowest BCUT2D eigenvalue weighted by molar-refractivity contribution is -0.383. The number of hydrogen-bond acceptors (Lipinski definition) is 4. The molecule has 0 bridgehead atoms. The van der Waals surface area contributed by atoms with Crippen LogP contribution in [0, 0.1) is 15.5 Å². The Morgan fingerprint density at radius 3 is 2.70 bits per heavy atom. The second-order valence-electron chi connectivity index (χ2n) is 5.18. The third-order valence-electron chi connectivity index (χ3n) is 3.66. The molecule has 1 aromatic carbocycles. The van der Waals surface area contributed by atoms with Gasteiger partial charge in [0.2, 0.25) is 5.91 Å². The monoisotopic (exact) mass is 297 g/mol. The van der Waals surface area contributed by atoms with Crippen LogP contribution in [0.5, 0.6) is 0 Å². The van der Waals surface area contributed by atoms with Gasteiger partial charge in [0.15, 0.2) is 0 Å². The first-order valence-electron chi connectivity index (χ1n) is 6.38. The van der Waals surface area contributed by atoms with Crippen LogP contribution in [0.25, 0.3) is 0 Å². The molecule has 1 aliphatic rings. The molecule has 1 saturated heterocycles. The smallest absolute Gasteiger partial charge is 0.294 e. The highest BCUT2D eigenvalue weighted by Crippen LogP contribution is 2.33. The predicted octanol–water partition coefficient (Wildman–Crippen LogP) is 2.58. The molecule has 0 unspecified atom stereocenters. The van der Waals surface area contributed by atoms with E-state index in [0.717, 1.165) is 13.1 Å². The average Bonchev–Trinajstić information content (AvgIpc) is 2.41. The summed E-state index contributed by atoms with van der Waals surface area (Å²) in [4.78, 5) is 22.8. The summed E-state index contributed by atoms with van der Waals surface area (Å²) in [6.45, 7) is 3.42. The van der Waals surface area contributed by atoms with E-state index in [1.54, 1.807) is 0 Å². The van der Waals surface area contributed by atoms with Gasteiger partial charge in [0.05, 0.1) is 4.92 Å². The van der Waals surface area contributed by atoms with Crippen molar-refractivity contribution in [1.82, 2.24) is 5.32 Å². The highest BCUT2D eigenvalue weighted by Gasteiger charge is 2.35.